The van der Waals surface area contributed by atoms with Crippen LogP contribution in [-0.4, -0.2) is 47.6 Å². The molecule has 6 heteroatoms. The standard InChI is InChI=1S/C14H19N3O3/c1-2-20-14(19)17-8-5-12(6-9-17)16-13(18)11-4-3-7-15-10-11/h3-4,7,10,12H,2,5-6,8-9H2,1H3,(H,16,18). The smallest absolute Gasteiger partial charge is 0.409 e. The van der Waals surface area contributed by atoms with Crippen molar-refractivity contribution in [2.24, 2.45) is 0 Å². The lowest BCUT2D eigenvalue weighted by Gasteiger charge is -2.31. The predicted octanol–water partition coefficient (Wildman–Crippen LogP) is 1.43. The number of carbonyl (C=O) groups is 2. The highest BCUT2D eigenvalue weighted by Crippen LogP contribution is 2.12. The third-order valence-corrected chi connectivity index (χ3v) is 3.28. The fourth-order valence-corrected chi connectivity index (χ4v) is 2.19. The lowest BCUT2D eigenvalue weighted by molar-refractivity contribution is 0.0860. The monoisotopic (exact) mass is 277 g/mol. The topological polar surface area (TPSA) is 71.5 Å². The van der Waals surface area contributed by atoms with Crippen molar-refractivity contribution in [3.8, 4) is 0 Å². The first-order valence-electron chi connectivity index (χ1n) is 6.83. The van der Waals surface area contributed by atoms with Gasteiger partial charge in [-0.05, 0) is 31.9 Å². The molecule has 1 aromatic rings. The van der Waals surface area contributed by atoms with Gasteiger partial charge in [-0.2, -0.15) is 0 Å². The first-order chi connectivity index (χ1) is 9.70. The minimum absolute atomic E-state index is 0.0911. The van der Waals surface area contributed by atoms with E-state index in [4.69, 9.17) is 4.74 Å². The Morgan fingerprint density at radius 3 is 2.80 bits per heavy atom. The molecule has 0 spiro atoms. The number of amides is 2. The molecule has 0 bridgehead atoms. The summed E-state index contributed by atoms with van der Waals surface area (Å²) in [6.07, 6.45) is 4.39. The van der Waals surface area contributed by atoms with Gasteiger partial charge in [-0.25, -0.2) is 4.79 Å². The number of aromatic nitrogens is 1. The van der Waals surface area contributed by atoms with E-state index in [1.165, 1.54) is 0 Å². The normalized spacial score (nSPS) is 15.8. The fraction of sp³-hybridized carbons (Fsp3) is 0.500. The van der Waals surface area contributed by atoms with Gasteiger partial charge in [-0.15, -0.1) is 0 Å². The molecule has 1 fully saturated rings. The molecule has 2 heterocycles. The molecule has 1 saturated heterocycles. The summed E-state index contributed by atoms with van der Waals surface area (Å²) in [7, 11) is 0. The van der Waals surface area contributed by atoms with E-state index < -0.39 is 0 Å². The maximum Gasteiger partial charge on any atom is 0.409 e. The van der Waals surface area contributed by atoms with E-state index in [0.29, 0.717) is 25.3 Å². The third kappa shape index (κ3) is 3.69. The molecule has 20 heavy (non-hydrogen) atoms. The first kappa shape index (κ1) is 14.3. The zero-order chi connectivity index (χ0) is 14.4. The van der Waals surface area contributed by atoms with Crippen LogP contribution >= 0.6 is 0 Å². The van der Waals surface area contributed by atoms with E-state index in [9.17, 15) is 9.59 Å². The molecule has 1 aliphatic heterocycles. The molecule has 1 N–H and O–H groups in total. The van der Waals surface area contributed by atoms with Crippen molar-refractivity contribution in [3.63, 3.8) is 0 Å². The number of hydrogen-bond donors (Lipinski definition) is 1. The Hall–Kier alpha value is -2.11. The summed E-state index contributed by atoms with van der Waals surface area (Å²) in [4.78, 5) is 29.1. The first-order valence-corrected chi connectivity index (χ1v) is 6.83. The zero-order valence-corrected chi connectivity index (χ0v) is 11.5. The van der Waals surface area contributed by atoms with Crippen LogP contribution in [0, 0.1) is 0 Å². The Morgan fingerprint density at radius 1 is 1.45 bits per heavy atom. The Kier molecular flexibility index (Phi) is 4.92. The number of piperidine rings is 1. The van der Waals surface area contributed by atoms with Gasteiger partial charge in [0.25, 0.3) is 5.91 Å². The molecule has 108 valence electrons. The van der Waals surface area contributed by atoms with Crippen LogP contribution in [0.15, 0.2) is 24.5 Å². The predicted molar refractivity (Wildman–Crippen MR) is 73.3 cm³/mol. The highest BCUT2D eigenvalue weighted by Gasteiger charge is 2.24. The number of nitrogens with zero attached hydrogens (tertiary/aromatic N) is 2. The van der Waals surface area contributed by atoms with Gasteiger partial charge in [0, 0.05) is 31.5 Å². The summed E-state index contributed by atoms with van der Waals surface area (Å²) >= 11 is 0. The number of rotatable bonds is 3. The maximum atomic E-state index is 12.0. The molecule has 0 atom stereocenters. The van der Waals surface area contributed by atoms with E-state index in [2.05, 4.69) is 10.3 Å². The summed E-state index contributed by atoms with van der Waals surface area (Å²) in [5.74, 6) is -0.118. The highest BCUT2D eigenvalue weighted by atomic mass is 16.6. The summed E-state index contributed by atoms with van der Waals surface area (Å²) in [6.45, 7) is 3.39. The van der Waals surface area contributed by atoms with Gasteiger partial charge in [-0.1, -0.05) is 0 Å². The van der Waals surface area contributed by atoms with Crippen molar-refractivity contribution in [2.75, 3.05) is 19.7 Å². The van der Waals surface area contributed by atoms with Crippen molar-refractivity contribution in [1.82, 2.24) is 15.2 Å². The maximum absolute atomic E-state index is 12.0. The average molecular weight is 277 g/mol. The molecule has 0 aliphatic carbocycles. The summed E-state index contributed by atoms with van der Waals surface area (Å²) in [5, 5.41) is 2.97. The lowest BCUT2D eigenvalue weighted by atomic mass is 10.0. The van der Waals surface area contributed by atoms with E-state index in [-0.39, 0.29) is 18.0 Å². The van der Waals surface area contributed by atoms with Gasteiger partial charge in [0.1, 0.15) is 0 Å². The largest absolute Gasteiger partial charge is 0.450 e. The van der Waals surface area contributed by atoms with Crippen molar-refractivity contribution < 1.29 is 14.3 Å². The molecular weight excluding hydrogens is 258 g/mol. The second kappa shape index (κ2) is 6.88. The number of pyridine rings is 1. The molecule has 1 aromatic heterocycles. The van der Waals surface area contributed by atoms with Crippen molar-refractivity contribution >= 4 is 12.0 Å². The molecule has 0 unspecified atom stereocenters. The van der Waals surface area contributed by atoms with Gasteiger partial charge in [-0.3, -0.25) is 9.78 Å². The van der Waals surface area contributed by atoms with Crippen LogP contribution in [0.3, 0.4) is 0 Å². The molecular formula is C14H19N3O3. The summed E-state index contributed by atoms with van der Waals surface area (Å²) in [5.41, 5.74) is 0.556. The number of ether oxygens (including phenoxy) is 1. The second-order valence-corrected chi connectivity index (χ2v) is 4.68. The average Bonchev–Trinajstić information content (AvgIpc) is 2.49. The molecule has 0 radical (unpaired) electrons. The van der Waals surface area contributed by atoms with Gasteiger partial charge in [0.2, 0.25) is 0 Å². The third-order valence-electron chi connectivity index (χ3n) is 3.28. The Labute approximate surface area is 118 Å². The second-order valence-electron chi connectivity index (χ2n) is 4.68. The van der Waals surface area contributed by atoms with Crippen molar-refractivity contribution in [1.29, 1.82) is 0 Å². The number of likely N-dealkylation sites (tertiary alicyclic amines) is 1. The van der Waals surface area contributed by atoms with Gasteiger partial charge >= 0.3 is 6.09 Å². The van der Waals surface area contributed by atoms with E-state index in [1.807, 2.05) is 0 Å². The van der Waals surface area contributed by atoms with Crippen molar-refractivity contribution in [3.05, 3.63) is 30.1 Å². The summed E-state index contributed by atoms with van der Waals surface area (Å²) in [6, 6.07) is 3.56. The lowest BCUT2D eigenvalue weighted by Crippen LogP contribution is -2.46. The number of nitrogens with one attached hydrogen (secondary N) is 1. The molecule has 1 aliphatic rings. The van der Waals surface area contributed by atoms with Crippen molar-refractivity contribution in [2.45, 2.75) is 25.8 Å². The van der Waals surface area contributed by atoms with Crippen LogP contribution in [0.5, 0.6) is 0 Å². The van der Waals surface area contributed by atoms with Crippen LogP contribution in [0.4, 0.5) is 4.79 Å². The Balaban J connectivity index is 1.80. The van der Waals surface area contributed by atoms with Crippen LogP contribution < -0.4 is 5.32 Å². The van der Waals surface area contributed by atoms with E-state index in [0.717, 1.165) is 12.8 Å². The highest BCUT2D eigenvalue weighted by molar-refractivity contribution is 5.94. The summed E-state index contributed by atoms with van der Waals surface area (Å²) < 4.78 is 4.96. The Morgan fingerprint density at radius 2 is 2.20 bits per heavy atom. The SMILES string of the molecule is CCOC(=O)N1CCC(NC(=O)c2cccnc2)CC1. The molecule has 0 aromatic carbocycles. The zero-order valence-electron chi connectivity index (χ0n) is 11.5. The fourth-order valence-electron chi connectivity index (χ4n) is 2.19. The number of carbonyl (C=O) groups excluding carboxylic acids is 2. The van der Waals surface area contributed by atoms with Crippen LogP contribution in [0.2, 0.25) is 0 Å². The minimum atomic E-state index is -0.274. The molecule has 6 nitrogen and oxygen atoms in total. The van der Waals surface area contributed by atoms with Gasteiger partial charge in [0.05, 0.1) is 12.2 Å². The van der Waals surface area contributed by atoms with Gasteiger partial charge in [0.15, 0.2) is 0 Å². The Bertz CT molecular complexity index is 456. The van der Waals surface area contributed by atoms with Gasteiger partial charge < -0.3 is 15.0 Å². The number of hydrogen-bond acceptors (Lipinski definition) is 4. The van der Waals surface area contributed by atoms with Crippen LogP contribution in [0.25, 0.3) is 0 Å². The minimum Gasteiger partial charge on any atom is -0.450 e. The van der Waals surface area contributed by atoms with E-state index >= 15 is 0 Å². The molecule has 0 saturated carbocycles. The molecule has 2 amide bonds. The van der Waals surface area contributed by atoms with E-state index in [1.54, 1.807) is 36.4 Å². The van der Waals surface area contributed by atoms with Crippen LogP contribution in [-0.2, 0) is 4.74 Å². The molecule has 2 rings (SSSR count). The van der Waals surface area contributed by atoms with Crippen LogP contribution in [0.1, 0.15) is 30.1 Å². The quantitative estimate of drug-likeness (QED) is 0.907.